The minimum Gasteiger partial charge on any atom is -0.365 e. The number of aromatic nitrogens is 1. The first kappa shape index (κ1) is 11.5. The largest absolute Gasteiger partial charge is 0.365 e. The molecule has 2 N–H and O–H groups in total. The first-order chi connectivity index (χ1) is 8.74. The minimum absolute atomic E-state index is 0.0916. The van der Waals surface area contributed by atoms with E-state index in [1.165, 1.54) is 0 Å². The molecule has 0 bridgehead atoms. The van der Waals surface area contributed by atoms with Crippen molar-refractivity contribution >= 4 is 38.4 Å². The first-order valence-corrected chi connectivity index (χ1v) is 6.60. The quantitative estimate of drug-likeness (QED) is 0.895. The fourth-order valence-corrected chi connectivity index (χ4v) is 2.68. The van der Waals surface area contributed by atoms with Gasteiger partial charge in [0.25, 0.3) is 0 Å². The second-order valence-electron chi connectivity index (χ2n) is 4.34. The lowest BCUT2D eigenvalue weighted by molar-refractivity contribution is -0.119. The van der Waals surface area contributed by atoms with Gasteiger partial charge in [-0.3, -0.25) is 4.79 Å². The highest BCUT2D eigenvalue weighted by atomic mass is 79.9. The molecule has 2 heterocycles. The Balaban J connectivity index is 1.97. The molecule has 0 saturated carbocycles. The van der Waals surface area contributed by atoms with E-state index in [4.69, 9.17) is 0 Å². The highest BCUT2D eigenvalue weighted by Gasteiger charge is 2.21. The second kappa shape index (κ2) is 4.57. The third-order valence-electron chi connectivity index (χ3n) is 3.07. The van der Waals surface area contributed by atoms with Crippen LogP contribution in [0.4, 0.5) is 5.82 Å². The fraction of sp³-hybridized carbons (Fsp3) is 0.231. The summed E-state index contributed by atoms with van der Waals surface area (Å²) in [6.07, 6.45) is 2.28. The molecular formula is C13H12BrN3O. The topological polar surface area (TPSA) is 54.0 Å². The molecule has 1 fully saturated rings. The van der Waals surface area contributed by atoms with Crippen LogP contribution < -0.4 is 10.6 Å². The molecule has 1 atom stereocenters. The van der Waals surface area contributed by atoms with Crippen LogP contribution in [0.2, 0.25) is 0 Å². The molecule has 5 heteroatoms. The average molecular weight is 306 g/mol. The number of anilines is 1. The van der Waals surface area contributed by atoms with E-state index < -0.39 is 0 Å². The molecule has 1 aromatic heterocycles. The van der Waals surface area contributed by atoms with Gasteiger partial charge in [0.1, 0.15) is 5.82 Å². The Morgan fingerprint density at radius 2 is 2.22 bits per heavy atom. The highest BCUT2D eigenvalue weighted by molar-refractivity contribution is 9.10. The van der Waals surface area contributed by atoms with Gasteiger partial charge in [-0.2, -0.15) is 0 Å². The van der Waals surface area contributed by atoms with Gasteiger partial charge in [0, 0.05) is 34.4 Å². The van der Waals surface area contributed by atoms with E-state index in [1.54, 1.807) is 6.20 Å². The molecule has 2 aromatic rings. The predicted molar refractivity (Wildman–Crippen MR) is 74.5 cm³/mol. The van der Waals surface area contributed by atoms with Gasteiger partial charge < -0.3 is 10.6 Å². The maximum atomic E-state index is 11.2. The van der Waals surface area contributed by atoms with Crippen molar-refractivity contribution in [2.24, 2.45) is 0 Å². The zero-order valence-electron chi connectivity index (χ0n) is 9.61. The third-order valence-corrected chi connectivity index (χ3v) is 3.76. The molecule has 4 nitrogen and oxygen atoms in total. The number of hydrogen-bond donors (Lipinski definition) is 2. The van der Waals surface area contributed by atoms with E-state index in [2.05, 4.69) is 31.5 Å². The fourth-order valence-electron chi connectivity index (χ4n) is 2.18. The van der Waals surface area contributed by atoms with Crippen molar-refractivity contribution in [2.45, 2.75) is 12.5 Å². The Morgan fingerprint density at radius 3 is 3.00 bits per heavy atom. The smallest absolute Gasteiger partial charge is 0.222 e. The highest BCUT2D eigenvalue weighted by Crippen LogP contribution is 2.28. The SMILES string of the molecule is O=C1CC(Nc2nccc3c(Br)cccc23)CN1. The molecule has 0 spiro atoms. The molecule has 1 unspecified atom stereocenters. The van der Waals surface area contributed by atoms with Crippen LogP contribution in [-0.2, 0) is 4.79 Å². The zero-order chi connectivity index (χ0) is 12.5. The first-order valence-electron chi connectivity index (χ1n) is 5.80. The van der Waals surface area contributed by atoms with Crippen molar-refractivity contribution in [1.29, 1.82) is 0 Å². The lowest BCUT2D eigenvalue weighted by atomic mass is 10.1. The van der Waals surface area contributed by atoms with Gasteiger partial charge >= 0.3 is 0 Å². The van der Waals surface area contributed by atoms with Crippen LogP contribution in [0.1, 0.15) is 6.42 Å². The lowest BCUT2D eigenvalue weighted by Crippen LogP contribution is -2.22. The standard InChI is InChI=1S/C13H12BrN3O/c14-11-3-1-2-10-9(11)4-5-15-13(10)17-8-6-12(18)16-7-8/h1-5,8H,6-7H2,(H,15,17)(H,16,18). The van der Waals surface area contributed by atoms with E-state index in [9.17, 15) is 4.79 Å². The monoisotopic (exact) mass is 305 g/mol. The summed E-state index contributed by atoms with van der Waals surface area (Å²) in [6, 6.07) is 8.11. The van der Waals surface area contributed by atoms with Crippen LogP contribution in [0.5, 0.6) is 0 Å². The number of amides is 1. The minimum atomic E-state index is 0.0916. The summed E-state index contributed by atoms with van der Waals surface area (Å²) >= 11 is 3.53. The molecule has 0 radical (unpaired) electrons. The van der Waals surface area contributed by atoms with Gasteiger partial charge in [-0.25, -0.2) is 4.98 Å². The Morgan fingerprint density at radius 1 is 1.33 bits per heavy atom. The molecular weight excluding hydrogens is 294 g/mol. The van der Waals surface area contributed by atoms with Crippen LogP contribution >= 0.6 is 15.9 Å². The number of rotatable bonds is 2. The van der Waals surface area contributed by atoms with Crippen molar-refractivity contribution in [3.63, 3.8) is 0 Å². The average Bonchev–Trinajstić information content (AvgIpc) is 2.76. The van der Waals surface area contributed by atoms with Gasteiger partial charge in [-0.15, -0.1) is 0 Å². The second-order valence-corrected chi connectivity index (χ2v) is 5.20. The number of fused-ring (bicyclic) bond motifs is 1. The summed E-state index contributed by atoms with van der Waals surface area (Å²) < 4.78 is 1.05. The number of halogens is 1. The summed E-state index contributed by atoms with van der Waals surface area (Å²) in [5.74, 6) is 0.921. The predicted octanol–water partition coefficient (Wildman–Crippen LogP) is 2.30. The van der Waals surface area contributed by atoms with Gasteiger partial charge in [0.15, 0.2) is 0 Å². The van der Waals surface area contributed by atoms with E-state index in [0.29, 0.717) is 13.0 Å². The van der Waals surface area contributed by atoms with Crippen molar-refractivity contribution in [3.8, 4) is 0 Å². The van der Waals surface area contributed by atoms with Crippen molar-refractivity contribution in [1.82, 2.24) is 10.3 Å². The normalized spacial score (nSPS) is 18.9. The molecule has 0 aliphatic carbocycles. The number of hydrogen-bond acceptors (Lipinski definition) is 3. The van der Waals surface area contributed by atoms with Crippen LogP contribution in [0.15, 0.2) is 34.9 Å². The lowest BCUT2D eigenvalue weighted by Gasteiger charge is -2.13. The number of nitrogens with zero attached hydrogens (tertiary/aromatic N) is 1. The summed E-state index contributed by atoms with van der Waals surface area (Å²) in [4.78, 5) is 15.5. The van der Waals surface area contributed by atoms with Crippen molar-refractivity contribution in [3.05, 3.63) is 34.9 Å². The van der Waals surface area contributed by atoms with Gasteiger partial charge in [0.2, 0.25) is 5.91 Å². The van der Waals surface area contributed by atoms with Crippen LogP contribution in [0.3, 0.4) is 0 Å². The van der Waals surface area contributed by atoms with Crippen LogP contribution in [0, 0.1) is 0 Å². The Labute approximate surface area is 113 Å². The van der Waals surface area contributed by atoms with Crippen molar-refractivity contribution in [2.75, 3.05) is 11.9 Å². The van der Waals surface area contributed by atoms with E-state index >= 15 is 0 Å². The van der Waals surface area contributed by atoms with E-state index in [1.807, 2.05) is 24.3 Å². The number of carbonyl (C=O) groups excluding carboxylic acids is 1. The van der Waals surface area contributed by atoms with E-state index in [0.717, 1.165) is 21.1 Å². The third kappa shape index (κ3) is 2.06. The van der Waals surface area contributed by atoms with Crippen molar-refractivity contribution < 1.29 is 4.79 Å². The van der Waals surface area contributed by atoms with Gasteiger partial charge in [-0.05, 0) is 12.1 Å². The summed E-state index contributed by atoms with van der Waals surface area (Å²) in [6.45, 7) is 0.658. The van der Waals surface area contributed by atoms with E-state index in [-0.39, 0.29) is 11.9 Å². The molecule has 1 saturated heterocycles. The molecule has 18 heavy (non-hydrogen) atoms. The Kier molecular flexibility index (Phi) is 2.91. The maximum absolute atomic E-state index is 11.2. The number of pyridine rings is 1. The Hall–Kier alpha value is -1.62. The Bertz CT molecular complexity index is 614. The molecule has 1 aromatic carbocycles. The zero-order valence-corrected chi connectivity index (χ0v) is 11.2. The number of benzene rings is 1. The summed E-state index contributed by atoms with van der Waals surface area (Å²) in [5, 5.41) is 8.32. The van der Waals surface area contributed by atoms with Crippen LogP contribution in [0.25, 0.3) is 10.8 Å². The molecule has 3 rings (SSSR count). The molecule has 1 amide bonds. The molecule has 92 valence electrons. The molecule has 1 aliphatic rings. The van der Waals surface area contributed by atoms with Gasteiger partial charge in [0.05, 0.1) is 6.04 Å². The molecule has 1 aliphatic heterocycles. The maximum Gasteiger partial charge on any atom is 0.222 e. The summed E-state index contributed by atoms with van der Waals surface area (Å²) in [5.41, 5.74) is 0. The number of nitrogens with one attached hydrogen (secondary N) is 2. The van der Waals surface area contributed by atoms with Crippen LogP contribution in [-0.4, -0.2) is 23.5 Å². The number of carbonyl (C=O) groups is 1. The van der Waals surface area contributed by atoms with Gasteiger partial charge in [-0.1, -0.05) is 28.1 Å². The summed E-state index contributed by atoms with van der Waals surface area (Å²) in [7, 11) is 0.